The highest BCUT2D eigenvalue weighted by Gasteiger charge is 2.18. The lowest BCUT2D eigenvalue weighted by molar-refractivity contribution is -0.419. The molecule has 1 rings (SSSR count). The smallest absolute Gasteiger partial charge is 0.350 e. The van der Waals surface area contributed by atoms with Crippen molar-refractivity contribution in [1.82, 2.24) is 5.32 Å². The Balaban J connectivity index is 3.00. The highest BCUT2D eigenvalue weighted by atomic mass is 16.6. The third kappa shape index (κ3) is 2.24. The molecule has 82 valence electrons. The molecule has 0 radical (unpaired) electrons. The number of methoxy groups -OCH3 is 1. The zero-order valence-corrected chi connectivity index (χ0v) is 8.26. The molecule has 0 saturated carbocycles. The molecule has 1 N–H and O–H groups in total. The standard InChI is InChI=1S/C9H7N3O4/c1-16-9(13)7(4-10)8-3-2-6(5-11-8)12(14)15/h2-3,5,11H,1H3. The topological polar surface area (TPSA) is 105 Å². The highest BCUT2D eigenvalue weighted by Crippen LogP contribution is 2.11. The molecule has 1 aliphatic rings. The van der Waals surface area contributed by atoms with E-state index in [0.29, 0.717) is 0 Å². The predicted octanol–water partition coefficient (Wildman–Crippen LogP) is 0.215. The second-order valence-electron chi connectivity index (χ2n) is 2.70. The number of nitrogens with zero attached hydrogens (tertiary/aromatic N) is 2. The van der Waals surface area contributed by atoms with E-state index in [9.17, 15) is 14.9 Å². The number of nitriles is 1. The summed E-state index contributed by atoms with van der Waals surface area (Å²) in [4.78, 5) is 20.9. The fourth-order valence-corrected chi connectivity index (χ4v) is 1.00. The first-order chi connectivity index (χ1) is 7.60. The lowest BCUT2D eigenvalue weighted by Crippen LogP contribution is -2.17. The summed E-state index contributed by atoms with van der Waals surface area (Å²) in [5, 5.41) is 21.6. The van der Waals surface area contributed by atoms with Gasteiger partial charge < -0.3 is 10.1 Å². The fourth-order valence-electron chi connectivity index (χ4n) is 1.00. The van der Waals surface area contributed by atoms with E-state index in [2.05, 4.69) is 10.1 Å². The summed E-state index contributed by atoms with van der Waals surface area (Å²) in [5.41, 5.74) is -0.233. The Kier molecular flexibility index (Phi) is 3.40. The van der Waals surface area contributed by atoms with Crippen LogP contribution in [0.25, 0.3) is 0 Å². The van der Waals surface area contributed by atoms with Gasteiger partial charge >= 0.3 is 5.97 Å². The number of hydrogen-bond acceptors (Lipinski definition) is 6. The van der Waals surface area contributed by atoms with E-state index in [1.165, 1.54) is 12.2 Å². The van der Waals surface area contributed by atoms with Gasteiger partial charge in [-0.1, -0.05) is 0 Å². The summed E-state index contributed by atoms with van der Waals surface area (Å²) in [6.45, 7) is 0. The third-order valence-corrected chi connectivity index (χ3v) is 1.78. The molecule has 7 heteroatoms. The number of carbonyl (C=O) groups excluding carboxylic acids is 1. The normalized spacial score (nSPS) is 16.6. The van der Waals surface area contributed by atoms with E-state index in [1.54, 1.807) is 6.07 Å². The first-order valence-electron chi connectivity index (χ1n) is 4.12. The van der Waals surface area contributed by atoms with Crippen molar-refractivity contribution in [3.63, 3.8) is 0 Å². The Bertz CT molecular complexity index is 468. The summed E-state index contributed by atoms with van der Waals surface area (Å²) >= 11 is 0. The molecule has 16 heavy (non-hydrogen) atoms. The lowest BCUT2D eigenvalue weighted by Gasteiger charge is -2.07. The molecule has 0 bridgehead atoms. The monoisotopic (exact) mass is 221 g/mol. The molecule has 0 aromatic heterocycles. The van der Waals surface area contributed by atoms with Crippen molar-refractivity contribution < 1.29 is 14.5 Å². The molecule has 0 amide bonds. The van der Waals surface area contributed by atoms with Crippen LogP contribution in [-0.4, -0.2) is 18.0 Å². The quantitative estimate of drug-likeness (QED) is 0.235. The second-order valence-corrected chi connectivity index (χ2v) is 2.70. The zero-order chi connectivity index (χ0) is 12.1. The molecular weight excluding hydrogens is 214 g/mol. The van der Waals surface area contributed by atoms with Crippen molar-refractivity contribution in [2.24, 2.45) is 0 Å². The van der Waals surface area contributed by atoms with E-state index >= 15 is 0 Å². The lowest BCUT2D eigenvalue weighted by atomic mass is 10.1. The van der Waals surface area contributed by atoms with E-state index in [4.69, 9.17) is 5.26 Å². The maximum absolute atomic E-state index is 11.1. The Morgan fingerprint density at radius 1 is 1.62 bits per heavy atom. The van der Waals surface area contributed by atoms with E-state index in [-0.39, 0.29) is 17.0 Å². The minimum Gasteiger partial charge on any atom is -0.465 e. The van der Waals surface area contributed by atoms with Gasteiger partial charge in [-0.15, -0.1) is 0 Å². The van der Waals surface area contributed by atoms with Crippen LogP contribution in [0.5, 0.6) is 0 Å². The van der Waals surface area contributed by atoms with Crippen LogP contribution in [0.2, 0.25) is 0 Å². The van der Waals surface area contributed by atoms with Crippen LogP contribution in [0, 0.1) is 21.4 Å². The number of esters is 1. The largest absolute Gasteiger partial charge is 0.465 e. The number of allylic oxidation sites excluding steroid dienone is 2. The van der Waals surface area contributed by atoms with Gasteiger partial charge in [0.2, 0.25) is 0 Å². The van der Waals surface area contributed by atoms with Crippen LogP contribution in [-0.2, 0) is 9.53 Å². The highest BCUT2D eigenvalue weighted by molar-refractivity contribution is 5.94. The molecule has 1 heterocycles. The minimum absolute atomic E-state index is 0.161. The molecule has 0 aromatic rings. The van der Waals surface area contributed by atoms with E-state index in [0.717, 1.165) is 13.3 Å². The molecule has 0 spiro atoms. The van der Waals surface area contributed by atoms with Crippen molar-refractivity contribution in [3.8, 4) is 6.07 Å². The van der Waals surface area contributed by atoms with Gasteiger partial charge in [0.25, 0.3) is 5.70 Å². The van der Waals surface area contributed by atoms with Gasteiger partial charge in [0, 0.05) is 6.08 Å². The number of dihydropyridines is 1. The van der Waals surface area contributed by atoms with Gasteiger partial charge in [-0.05, 0) is 6.08 Å². The Morgan fingerprint density at radius 2 is 2.31 bits per heavy atom. The first-order valence-corrected chi connectivity index (χ1v) is 4.12. The summed E-state index contributed by atoms with van der Waals surface area (Å²) in [6, 6.07) is 1.66. The van der Waals surface area contributed by atoms with Crippen LogP contribution in [0.1, 0.15) is 0 Å². The number of hydrogen-bond donors (Lipinski definition) is 1. The maximum atomic E-state index is 11.1. The Morgan fingerprint density at radius 3 is 2.69 bits per heavy atom. The Labute approximate surface area is 90.5 Å². The summed E-state index contributed by atoms with van der Waals surface area (Å²) < 4.78 is 4.38. The number of nitrogens with one attached hydrogen (secondary N) is 1. The minimum atomic E-state index is -0.799. The number of rotatable bonds is 2. The summed E-state index contributed by atoms with van der Waals surface area (Å²) in [7, 11) is 1.14. The van der Waals surface area contributed by atoms with Crippen LogP contribution in [0.3, 0.4) is 0 Å². The van der Waals surface area contributed by atoms with Crippen molar-refractivity contribution in [2.75, 3.05) is 7.11 Å². The van der Waals surface area contributed by atoms with Crippen molar-refractivity contribution >= 4 is 5.97 Å². The molecule has 0 aliphatic carbocycles. The average molecular weight is 221 g/mol. The number of carbonyl (C=O) groups is 1. The van der Waals surface area contributed by atoms with Crippen LogP contribution >= 0.6 is 0 Å². The van der Waals surface area contributed by atoms with Crippen molar-refractivity contribution in [2.45, 2.75) is 0 Å². The Hall–Kier alpha value is -2.62. The average Bonchev–Trinajstić information content (AvgIpc) is 2.30. The van der Waals surface area contributed by atoms with Crippen LogP contribution in [0.15, 0.2) is 35.3 Å². The van der Waals surface area contributed by atoms with Crippen LogP contribution in [0.4, 0.5) is 0 Å². The second kappa shape index (κ2) is 4.75. The molecular formula is C9H7N3O4. The molecule has 0 aromatic carbocycles. The number of nitro groups is 1. The molecule has 1 aliphatic heterocycles. The summed E-state index contributed by atoms with van der Waals surface area (Å²) in [5.74, 6) is -0.799. The van der Waals surface area contributed by atoms with E-state index < -0.39 is 10.9 Å². The van der Waals surface area contributed by atoms with Gasteiger partial charge in [-0.3, -0.25) is 10.1 Å². The van der Waals surface area contributed by atoms with Crippen LogP contribution < -0.4 is 5.32 Å². The van der Waals surface area contributed by atoms with Gasteiger partial charge in [0.1, 0.15) is 6.07 Å². The first kappa shape index (κ1) is 11.5. The van der Waals surface area contributed by atoms with Crippen molar-refractivity contribution in [1.29, 1.82) is 5.26 Å². The molecule has 0 unspecified atom stereocenters. The molecule has 0 fully saturated rings. The maximum Gasteiger partial charge on any atom is 0.350 e. The predicted molar refractivity (Wildman–Crippen MR) is 52.0 cm³/mol. The summed E-state index contributed by atoms with van der Waals surface area (Å²) in [6.07, 6.45) is 3.55. The van der Waals surface area contributed by atoms with Crippen molar-refractivity contribution in [3.05, 3.63) is 45.4 Å². The van der Waals surface area contributed by atoms with Gasteiger partial charge in [0.05, 0.1) is 23.9 Å². The van der Waals surface area contributed by atoms with Gasteiger partial charge in [-0.25, -0.2) is 4.79 Å². The fraction of sp³-hybridized carbons (Fsp3) is 0.111. The SMILES string of the molecule is COC(=O)C(C#N)=C1C=CC([N+](=O)[O-])=CN1. The van der Waals surface area contributed by atoms with E-state index in [1.807, 2.05) is 0 Å². The molecule has 0 atom stereocenters. The zero-order valence-electron chi connectivity index (χ0n) is 8.26. The third-order valence-electron chi connectivity index (χ3n) is 1.78. The van der Waals surface area contributed by atoms with Gasteiger partial charge in [0.15, 0.2) is 5.57 Å². The van der Waals surface area contributed by atoms with Gasteiger partial charge in [-0.2, -0.15) is 5.26 Å². The molecule has 7 nitrogen and oxygen atoms in total. The molecule has 0 saturated heterocycles. The number of ether oxygens (including phenoxy) is 1.